The average Bonchev–Trinajstić information content (AvgIpc) is 2.02. The quantitative estimate of drug-likeness (QED) is 0.674. The molecule has 0 aliphatic rings. The summed E-state index contributed by atoms with van der Waals surface area (Å²) in [5.74, 6) is 1.34. The molecule has 0 amide bonds. The van der Waals surface area contributed by atoms with E-state index in [-0.39, 0.29) is 10.0 Å². The first-order chi connectivity index (χ1) is 5.58. The van der Waals surface area contributed by atoms with E-state index in [4.69, 9.17) is 0 Å². The third kappa shape index (κ3) is 3.82. The Morgan fingerprint density at radius 3 is 2.08 bits per heavy atom. The largest absolute Gasteiger partial charge is 0.249 e. The lowest BCUT2D eigenvalue weighted by Gasteiger charge is -2.24. The van der Waals surface area contributed by atoms with Crippen molar-refractivity contribution in [2.45, 2.75) is 6.42 Å². The van der Waals surface area contributed by atoms with Gasteiger partial charge in [0.25, 0.3) is 0 Å². The molecule has 0 saturated heterocycles. The zero-order valence-corrected chi connectivity index (χ0v) is 9.03. The second kappa shape index (κ2) is 3.99. The Balaban J connectivity index is 2.44. The Hall–Kier alpha value is -0.430. The molecule has 0 fully saturated rings. The lowest BCUT2D eigenvalue weighted by Crippen LogP contribution is -2.01. The minimum Gasteiger partial charge on any atom is -0.249 e. The topological polar surface area (TPSA) is 0 Å². The maximum absolute atomic E-state index is 2.37. The van der Waals surface area contributed by atoms with Crippen molar-refractivity contribution in [1.82, 2.24) is 0 Å². The van der Waals surface area contributed by atoms with E-state index in [9.17, 15) is 0 Å². The van der Waals surface area contributed by atoms with Crippen LogP contribution < -0.4 is 0 Å². The van der Waals surface area contributed by atoms with E-state index in [0.717, 1.165) is 0 Å². The SMILES string of the molecule is CS(C)(C)CCc1ccccc1. The van der Waals surface area contributed by atoms with Crippen LogP contribution in [-0.2, 0) is 6.42 Å². The van der Waals surface area contributed by atoms with Gasteiger partial charge in [-0.05, 0) is 36.5 Å². The predicted octanol–water partition coefficient (Wildman–Crippen LogP) is 2.92. The van der Waals surface area contributed by atoms with E-state index in [1.54, 1.807) is 0 Å². The molecule has 12 heavy (non-hydrogen) atoms. The number of hydrogen-bond acceptors (Lipinski definition) is 0. The molecule has 0 nitrogen and oxygen atoms in total. The van der Waals surface area contributed by atoms with Crippen molar-refractivity contribution in [2.24, 2.45) is 0 Å². The van der Waals surface area contributed by atoms with E-state index in [1.807, 2.05) is 0 Å². The molecule has 1 heteroatoms. The molecule has 1 aromatic rings. The van der Waals surface area contributed by atoms with Crippen molar-refractivity contribution in [3.8, 4) is 0 Å². The molecule has 0 aromatic heterocycles. The number of hydrogen-bond donors (Lipinski definition) is 0. The van der Waals surface area contributed by atoms with Crippen LogP contribution in [0.15, 0.2) is 30.3 Å². The smallest absolute Gasteiger partial charge is 0.0195 e. The first-order valence-electron chi connectivity index (χ1n) is 4.28. The van der Waals surface area contributed by atoms with Crippen molar-refractivity contribution >= 4 is 10.0 Å². The van der Waals surface area contributed by atoms with Gasteiger partial charge in [-0.15, -0.1) is 0 Å². The van der Waals surface area contributed by atoms with Crippen molar-refractivity contribution in [1.29, 1.82) is 0 Å². The number of benzene rings is 1. The van der Waals surface area contributed by atoms with Crippen LogP contribution in [0.3, 0.4) is 0 Å². The number of aryl methyl sites for hydroxylation is 1. The van der Waals surface area contributed by atoms with Gasteiger partial charge in [-0.1, -0.05) is 30.3 Å². The zero-order chi connectivity index (χ0) is 9.03. The first kappa shape index (κ1) is 9.66. The predicted molar refractivity (Wildman–Crippen MR) is 60.4 cm³/mol. The minimum absolute atomic E-state index is 0.322. The maximum Gasteiger partial charge on any atom is -0.0195 e. The Labute approximate surface area is 77.3 Å². The summed E-state index contributed by atoms with van der Waals surface area (Å²) in [5.41, 5.74) is 1.47. The van der Waals surface area contributed by atoms with Gasteiger partial charge in [0.05, 0.1) is 0 Å². The number of rotatable bonds is 3. The van der Waals surface area contributed by atoms with E-state index in [2.05, 4.69) is 49.1 Å². The molecule has 0 aliphatic carbocycles. The van der Waals surface area contributed by atoms with Gasteiger partial charge in [0.1, 0.15) is 0 Å². The van der Waals surface area contributed by atoms with Gasteiger partial charge >= 0.3 is 0 Å². The summed E-state index contributed by atoms with van der Waals surface area (Å²) in [7, 11) is -0.322. The van der Waals surface area contributed by atoms with Crippen molar-refractivity contribution in [3.63, 3.8) is 0 Å². The normalized spacial score (nSPS) is 12.9. The third-order valence-corrected chi connectivity index (χ3v) is 3.27. The average molecular weight is 182 g/mol. The second-order valence-electron chi connectivity index (χ2n) is 4.03. The summed E-state index contributed by atoms with van der Waals surface area (Å²) >= 11 is 0. The molecule has 0 unspecified atom stereocenters. The molecule has 0 N–H and O–H groups in total. The fourth-order valence-electron chi connectivity index (χ4n) is 1.07. The molecule has 0 spiro atoms. The van der Waals surface area contributed by atoms with Gasteiger partial charge < -0.3 is 0 Å². The van der Waals surface area contributed by atoms with Crippen LogP contribution >= 0.6 is 10.0 Å². The molecule has 0 saturated carbocycles. The highest BCUT2D eigenvalue weighted by molar-refractivity contribution is 8.32. The molecule has 0 heterocycles. The third-order valence-electron chi connectivity index (χ3n) is 1.85. The van der Waals surface area contributed by atoms with Crippen LogP contribution in [0.25, 0.3) is 0 Å². The standard InChI is InChI=1S/C11H18S/c1-12(2,3)10-9-11-7-5-4-6-8-11/h4-8H,9-10H2,1-3H3. The van der Waals surface area contributed by atoms with Crippen LogP contribution in [0.4, 0.5) is 0 Å². The summed E-state index contributed by atoms with van der Waals surface area (Å²) in [6.45, 7) is 0. The summed E-state index contributed by atoms with van der Waals surface area (Å²) < 4.78 is 0. The Morgan fingerprint density at radius 1 is 1.00 bits per heavy atom. The van der Waals surface area contributed by atoms with E-state index in [1.165, 1.54) is 17.7 Å². The van der Waals surface area contributed by atoms with Crippen molar-refractivity contribution < 1.29 is 0 Å². The Morgan fingerprint density at radius 2 is 1.58 bits per heavy atom. The maximum atomic E-state index is 2.37. The van der Waals surface area contributed by atoms with Gasteiger partial charge in [-0.2, -0.15) is 0 Å². The molecule has 1 aromatic carbocycles. The Bertz CT molecular complexity index is 221. The summed E-state index contributed by atoms with van der Waals surface area (Å²) in [6.07, 6.45) is 8.35. The first-order valence-corrected chi connectivity index (χ1v) is 7.30. The van der Waals surface area contributed by atoms with E-state index in [0.29, 0.717) is 0 Å². The molecule has 68 valence electrons. The fourth-order valence-corrected chi connectivity index (χ4v) is 1.92. The Kier molecular flexibility index (Phi) is 3.21. The van der Waals surface area contributed by atoms with Crippen LogP contribution in [0.1, 0.15) is 5.56 Å². The van der Waals surface area contributed by atoms with Crippen molar-refractivity contribution in [2.75, 3.05) is 24.5 Å². The molecule has 0 radical (unpaired) electrons. The van der Waals surface area contributed by atoms with E-state index < -0.39 is 0 Å². The second-order valence-corrected chi connectivity index (χ2v) is 8.62. The van der Waals surface area contributed by atoms with Gasteiger partial charge in [0, 0.05) is 0 Å². The molecule has 0 bridgehead atoms. The van der Waals surface area contributed by atoms with Crippen molar-refractivity contribution in [3.05, 3.63) is 35.9 Å². The van der Waals surface area contributed by atoms with Gasteiger partial charge in [-0.3, -0.25) is 0 Å². The fraction of sp³-hybridized carbons (Fsp3) is 0.455. The lowest BCUT2D eigenvalue weighted by molar-refractivity contribution is 1.15. The lowest BCUT2D eigenvalue weighted by atomic mass is 10.2. The molecule has 0 atom stereocenters. The summed E-state index contributed by atoms with van der Waals surface area (Å²) in [5, 5.41) is 0. The van der Waals surface area contributed by atoms with Crippen LogP contribution in [0.2, 0.25) is 0 Å². The van der Waals surface area contributed by atoms with Gasteiger partial charge in [-0.25, -0.2) is 10.0 Å². The molecular weight excluding hydrogens is 164 g/mol. The molecule has 0 aliphatic heterocycles. The highest BCUT2D eigenvalue weighted by Gasteiger charge is 2.03. The molecular formula is C11H18S. The van der Waals surface area contributed by atoms with Crippen LogP contribution in [0.5, 0.6) is 0 Å². The highest BCUT2D eigenvalue weighted by Crippen LogP contribution is 2.34. The van der Waals surface area contributed by atoms with Gasteiger partial charge in [0.15, 0.2) is 0 Å². The monoisotopic (exact) mass is 182 g/mol. The summed E-state index contributed by atoms with van der Waals surface area (Å²) in [6, 6.07) is 10.7. The summed E-state index contributed by atoms with van der Waals surface area (Å²) in [4.78, 5) is 0. The zero-order valence-electron chi connectivity index (χ0n) is 8.21. The van der Waals surface area contributed by atoms with Crippen LogP contribution in [-0.4, -0.2) is 24.5 Å². The van der Waals surface area contributed by atoms with Gasteiger partial charge in [0.2, 0.25) is 0 Å². The molecule has 1 rings (SSSR count). The highest BCUT2D eigenvalue weighted by atomic mass is 32.3. The van der Waals surface area contributed by atoms with Crippen LogP contribution in [0, 0.1) is 0 Å². The van der Waals surface area contributed by atoms with E-state index >= 15 is 0 Å². The minimum atomic E-state index is -0.322.